The van der Waals surface area contributed by atoms with Gasteiger partial charge in [0.15, 0.2) is 0 Å². The number of primary amides is 1. The fourth-order valence-corrected chi connectivity index (χ4v) is 0.672. The smallest absolute Gasteiger partial charge is 0.513 e. The second-order valence-corrected chi connectivity index (χ2v) is 2.09. The SMILES string of the molecule is O=C([NH2+][O-])OCc1cccnc1. The van der Waals surface area contributed by atoms with Gasteiger partial charge >= 0.3 is 6.09 Å². The van der Waals surface area contributed by atoms with Crippen LogP contribution in [0.1, 0.15) is 5.56 Å². The molecule has 1 aromatic rings. The average molecular weight is 168 g/mol. The zero-order chi connectivity index (χ0) is 8.81. The molecule has 64 valence electrons. The van der Waals surface area contributed by atoms with E-state index in [2.05, 4.69) is 9.72 Å². The molecule has 0 aliphatic rings. The maximum atomic E-state index is 10.4. The van der Waals surface area contributed by atoms with Crippen LogP contribution in [0, 0.1) is 5.21 Å². The Bertz CT molecular complexity index is 250. The van der Waals surface area contributed by atoms with Crippen LogP contribution in [0.25, 0.3) is 0 Å². The van der Waals surface area contributed by atoms with Crippen molar-refractivity contribution in [3.05, 3.63) is 35.3 Å². The molecule has 1 heterocycles. The summed E-state index contributed by atoms with van der Waals surface area (Å²) in [6.07, 6.45) is 2.32. The van der Waals surface area contributed by atoms with Crippen LogP contribution in [0.4, 0.5) is 4.79 Å². The van der Waals surface area contributed by atoms with Gasteiger partial charge < -0.3 is 9.94 Å². The molecule has 0 aromatic carbocycles. The van der Waals surface area contributed by atoms with E-state index < -0.39 is 6.09 Å². The maximum Gasteiger partial charge on any atom is 0.513 e. The van der Waals surface area contributed by atoms with Gasteiger partial charge in [0.2, 0.25) is 0 Å². The fraction of sp³-hybridized carbons (Fsp3) is 0.143. The minimum Gasteiger partial charge on any atom is -0.626 e. The van der Waals surface area contributed by atoms with E-state index in [4.69, 9.17) is 0 Å². The minimum absolute atomic E-state index is 0.0887. The van der Waals surface area contributed by atoms with Crippen molar-refractivity contribution in [3.8, 4) is 0 Å². The van der Waals surface area contributed by atoms with Crippen molar-refractivity contribution in [2.24, 2.45) is 0 Å². The third-order valence-corrected chi connectivity index (χ3v) is 1.20. The first-order valence-corrected chi connectivity index (χ1v) is 3.34. The normalized spacial score (nSPS) is 9.42. The van der Waals surface area contributed by atoms with Crippen molar-refractivity contribution < 1.29 is 15.0 Å². The standard InChI is InChI=1S/C7H8N2O3/c10-7(9-11)12-5-6-2-1-3-8-4-6/h1-4H,5,9H2. The van der Waals surface area contributed by atoms with E-state index in [-0.39, 0.29) is 12.1 Å². The van der Waals surface area contributed by atoms with E-state index in [1.54, 1.807) is 24.5 Å². The summed E-state index contributed by atoms with van der Waals surface area (Å²) >= 11 is 0. The number of hydrogen-bond acceptors (Lipinski definition) is 4. The Hall–Kier alpha value is -1.46. The number of pyridine rings is 1. The lowest BCUT2D eigenvalue weighted by Gasteiger charge is -2.01. The molecule has 2 N–H and O–H groups in total. The van der Waals surface area contributed by atoms with Crippen molar-refractivity contribution in [1.82, 2.24) is 4.98 Å². The van der Waals surface area contributed by atoms with E-state index in [1.807, 2.05) is 0 Å². The zero-order valence-corrected chi connectivity index (χ0v) is 6.27. The minimum atomic E-state index is -0.862. The van der Waals surface area contributed by atoms with Gasteiger partial charge in [0.25, 0.3) is 0 Å². The molecule has 0 spiro atoms. The molecule has 0 saturated heterocycles. The number of aromatic nitrogens is 1. The number of nitrogens with two attached hydrogens (primary N) is 1. The van der Waals surface area contributed by atoms with Gasteiger partial charge in [-0.1, -0.05) is 6.07 Å². The molecule has 5 heteroatoms. The topological polar surface area (TPSA) is 78.9 Å². The number of ether oxygens (including phenoxy) is 1. The highest BCUT2D eigenvalue weighted by molar-refractivity contribution is 5.55. The molecule has 0 fully saturated rings. The molecule has 0 aliphatic carbocycles. The number of amides is 1. The van der Waals surface area contributed by atoms with E-state index in [0.29, 0.717) is 0 Å². The molecule has 1 aromatic heterocycles. The summed E-state index contributed by atoms with van der Waals surface area (Å²) in [6.45, 7) is 0.0887. The monoisotopic (exact) mass is 168 g/mol. The molecule has 0 aliphatic heterocycles. The first kappa shape index (κ1) is 8.63. The number of quaternary nitrogens is 1. The Morgan fingerprint density at radius 2 is 2.58 bits per heavy atom. The largest absolute Gasteiger partial charge is 0.626 e. The summed E-state index contributed by atoms with van der Waals surface area (Å²) in [7, 11) is 0. The highest BCUT2D eigenvalue weighted by Crippen LogP contribution is 1.96. The summed E-state index contributed by atoms with van der Waals surface area (Å²) in [6, 6.07) is 3.48. The van der Waals surface area contributed by atoms with Crippen LogP contribution in [0.2, 0.25) is 0 Å². The third kappa shape index (κ3) is 2.65. The number of hydroxylamine groups is 1. The molecule has 5 nitrogen and oxygen atoms in total. The quantitative estimate of drug-likeness (QED) is 0.619. The highest BCUT2D eigenvalue weighted by atomic mass is 16.6. The Labute approximate surface area is 69.0 Å². The van der Waals surface area contributed by atoms with Crippen molar-refractivity contribution in [1.29, 1.82) is 0 Å². The summed E-state index contributed by atoms with van der Waals surface area (Å²) in [5, 5.41) is 9.84. The van der Waals surface area contributed by atoms with Crippen molar-refractivity contribution in [3.63, 3.8) is 0 Å². The Morgan fingerprint density at radius 1 is 1.75 bits per heavy atom. The van der Waals surface area contributed by atoms with E-state index in [9.17, 15) is 10.0 Å². The molecular formula is C7H8N2O3. The fourth-order valence-electron chi connectivity index (χ4n) is 0.672. The lowest BCUT2D eigenvalue weighted by molar-refractivity contribution is -0.500. The molecular weight excluding hydrogens is 160 g/mol. The average Bonchev–Trinajstić information content (AvgIpc) is 2.16. The number of carbonyl (C=O) groups is 1. The highest BCUT2D eigenvalue weighted by Gasteiger charge is 2.00. The van der Waals surface area contributed by atoms with Crippen LogP contribution in [-0.2, 0) is 11.3 Å². The third-order valence-electron chi connectivity index (χ3n) is 1.20. The Kier molecular flexibility index (Phi) is 3.18. The van der Waals surface area contributed by atoms with Crippen LogP contribution in [-0.4, -0.2) is 11.1 Å². The lowest BCUT2D eigenvalue weighted by atomic mass is 10.3. The second kappa shape index (κ2) is 4.42. The van der Waals surface area contributed by atoms with E-state index >= 15 is 0 Å². The lowest BCUT2D eigenvalue weighted by Crippen LogP contribution is -2.81. The molecule has 0 saturated carbocycles. The van der Waals surface area contributed by atoms with Crippen LogP contribution in [0.15, 0.2) is 24.5 Å². The number of hydrogen-bond donors (Lipinski definition) is 1. The predicted molar refractivity (Wildman–Crippen MR) is 39.7 cm³/mol. The van der Waals surface area contributed by atoms with Crippen LogP contribution in [0.5, 0.6) is 0 Å². The molecule has 1 rings (SSSR count). The van der Waals surface area contributed by atoms with Crippen molar-refractivity contribution in [2.45, 2.75) is 6.61 Å². The molecule has 12 heavy (non-hydrogen) atoms. The van der Waals surface area contributed by atoms with Crippen LogP contribution >= 0.6 is 0 Å². The molecule has 0 unspecified atom stereocenters. The molecule has 1 amide bonds. The van der Waals surface area contributed by atoms with Gasteiger partial charge in [-0.3, -0.25) is 10.5 Å². The van der Waals surface area contributed by atoms with Gasteiger partial charge in [0, 0.05) is 18.0 Å². The van der Waals surface area contributed by atoms with Crippen molar-refractivity contribution in [2.75, 3.05) is 0 Å². The summed E-state index contributed by atoms with van der Waals surface area (Å²) in [5.74, 6) is 0. The Morgan fingerprint density at radius 3 is 3.17 bits per heavy atom. The maximum absolute atomic E-state index is 10.4. The molecule has 0 atom stereocenters. The zero-order valence-electron chi connectivity index (χ0n) is 6.27. The Balaban J connectivity index is 2.38. The van der Waals surface area contributed by atoms with Crippen LogP contribution < -0.4 is 5.48 Å². The summed E-state index contributed by atoms with van der Waals surface area (Å²) in [5.41, 5.74) is 0.892. The number of nitrogens with zero attached hydrogens (tertiary/aromatic N) is 1. The predicted octanol–water partition coefficient (Wildman–Crippen LogP) is -0.221. The van der Waals surface area contributed by atoms with Gasteiger partial charge in [0.05, 0.1) is 0 Å². The molecule has 0 radical (unpaired) electrons. The second-order valence-electron chi connectivity index (χ2n) is 2.09. The molecule has 0 bridgehead atoms. The summed E-state index contributed by atoms with van der Waals surface area (Å²) in [4.78, 5) is 14.2. The summed E-state index contributed by atoms with van der Waals surface area (Å²) < 4.78 is 4.53. The number of rotatable bonds is 2. The van der Waals surface area contributed by atoms with E-state index in [1.165, 1.54) is 0 Å². The number of carbonyl (C=O) groups excluding carboxylic acids is 1. The van der Waals surface area contributed by atoms with Gasteiger partial charge in [-0.25, -0.2) is 0 Å². The van der Waals surface area contributed by atoms with Gasteiger partial charge in [-0.05, 0) is 6.07 Å². The van der Waals surface area contributed by atoms with Crippen LogP contribution in [0.3, 0.4) is 0 Å². The van der Waals surface area contributed by atoms with E-state index in [0.717, 1.165) is 5.56 Å². The first-order valence-electron chi connectivity index (χ1n) is 3.34. The van der Waals surface area contributed by atoms with Gasteiger partial charge in [0.1, 0.15) is 6.61 Å². The first-order chi connectivity index (χ1) is 5.83. The van der Waals surface area contributed by atoms with Gasteiger partial charge in [-0.2, -0.15) is 4.79 Å². The van der Waals surface area contributed by atoms with Crippen molar-refractivity contribution >= 4 is 6.09 Å². The van der Waals surface area contributed by atoms with Gasteiger partial charge in [-0.15, -0.1) is 0 Å².